The normalized spacial score (nSPS) is 18.4. The van der Waals surface area contributed by atoms with Crippen LogP contribution in [0.1, 0.15) is 39.2 Å². The van der Waals surface area contributed by atoms with Crippen LogP contribution < -0.4 is 5.32 Å². The minimum absolute atomic E-state index is 0.0972. The Morgan fingerprint density at radius 1 is 1.39 bits per heavy atom. The van der Waals surface area contributed by atoms with Gasteiger partial charge in [-0.05, 0) is 52.2 Å². The third-order valence-electron chi connectivity index (χ3n) is 3.69. The highest BCUT2D eigenvalue weighted by Gasteiger charge is 2.31. The average molecular weight is 319 g/mol. The van der Waals surface area contributed by atoms with Crippen molar-refractivity contribution in [1.82, 2.24) is 9.88 Å². The molecule has 1 N–H and O–H groups in total. The zero-order chi connectivity index (χ0) is 17.0. The van der Waals surface area contributed by atoms with Crippen LogP contribution in [-0.2, 0) is 9.53 Å². The van der Waals surface area contributed by atoms with Crippen LogP contribution in [-0.4, -0.2) is 40.6 Å². The van der Waals surface area contributed by atoms with E-state index in [1.54, 1.807) is 11.1 Å². The first-order valence-electron chi connectivity index (χ1n) is 7.96. The molecule has 1 aliphatic rings. The lowest BCUT2D eigenvalue weighted by molar-refractivity contribution is -0.121. The van der Waals surface area contributed by atoms with Gasteiger partial charge in [0, 0.05) is 19.3 Å². The first kappa shape index (κ1) is 17.2. The second-order valence-electron chi connectivity index (χ2n) is 6.92. The van der Waals surface area contributed by atoms with Crippen molar-refractivity contribution in [3.05, 3.63) is 23.9 Å². The van der Waals surface area contributed by atoms with Crippen molar-refractivity contribution < 1.29 is 14.3 Å². The standard InChI is InChI=1S/C17H25N3O3/c1-12-7-5-9-18-14(12)19-15(21)13-8-6-10-20(11-13)16(22)23-17(2,3)4/h5,7,9,13H,6,8,10-11H2,1-4H3,(H,18,19,21). The van der Waals surface area contributed by atoms with E-state index in [0.29, 0.717) is 18.9 Å². The predicted octanol–water partition coefficient (Wildman–Crippen LogP) is 2.98. The quantitative estimate of drug-likeness (QED) is 0.909. The summed E-state index contributed by atoms with van der Waals surface area (Å²) < 4.78 is 5.39. The van der Waals surface area contributed by atoms with E-state index in [2.05, 4.69) is 10.3 Å². The van der Waals surface area contributed by atoms with Crippen molar-refractivity contribution in [2.45, 2.75) is 46.1 Å². The molecule has 1 saturated heterocycles. The van der Waals surface area contributed by atoms with E-state index in [1.807, 2.05) is 39.8 Å². The number of anilines is 1. The summed E-state index contributed by atoms with van der Waals surface area (Å²) in [5, 5.41) is 2.86. The Bertz CT molecular complexity index is 581. The van der Waals surface area contributed by atoms with E-state index >= 15 is 0 Å². The zero-order valence-electron chi connectivity index (χ0n) is 14.3. The number of ether oxygens (including phenoxy) is 1. The van der Waals surface area contributed by atoms with Gasteiger partial charge >= 0.3 is 6.09 Å². The van der Waals surface area contributed by atoms with Gasteiger partial charge in [-0.1, -0.05) is 6.07 Å². The molecule has 2 rings (SSSR count). The maximum atomic E-state index is 12.4. The lowest BCUT2D eigenvalue weighted by Crippen LogP contribution is -2.45. The van der Waals surface area contributed by atoms with Crippen molar-refractivity contribution >= 4 is 17.8 Å². The molecule has 1 unspecified atom stereocenters. The molecule has 1 fully saturated rings. The Kier molecular flexibility index (Phi) is 5.23. The van der Waals surface area contributed by atoms with Crippen LogP contribution in [0.15, 0.2) is 18.3 Å². The van der Waals surface area contributed by atoms with E-state index in [9.17, 15) is 9.59 Å². The maximum Gasteiger partial charge on any atom is 0.410 e. The molecule has 1 aromatic heterocycles. The molecule has 1 aliphatic heterocycles. The first-order chi connectivity index (χ1) is 10.8. The van der Waals surface area contributed by atoms with E-state index in [0.717, 1.165) is 18.4 Å². The number of hydrogen-bond donors (Lipinski definition) is 1. The van der Waals surface area contributed by atoms with E-state index in [-0.39, 0.29) is 17.9 Å². The lowest BCUT2D eigenvalue weighted by atomic mass is 9.97. The number of carbonyl (C=O) groups excluding carboxylic acids is 2. The number of rotatable bonds is 2. The Morgan fingerprint density at radius 2 is 2.13 bits per heavy atom. The summed E-state index contributed by atoms with van der Waals surface area (Å²) >= 11 is 0. The summed E-state index contributed by atoms with van der Waals surface area (Å²) in [6, 6.07) is 3.73. The molecule has 1 atom stereocenters. The number of aryl methyl sites for hydroxylation is 1. The third-order valence-corrected chi connectivity index (χ3v) is 3.69. The van der Waals surface area contributed by atoms with Gasteiger partial charge in [0.15, 0.2) is 0 Å². The van der Waals surface area contributed by atoms with Gasteiger partial charge in [-0.2, -0.15) is 0 Å². The molecule has 0 radical (unpaired) electrons. The summed E-state index contributed by atoms with van der Waals surface area (Å²) in [6.45, 7) is 8.42. The maximum absolute atomic E-state index is 12.4. The van der Waals surface area contributed by atoms with Crippen molar-refractivity contribution in [3.63, 3.8) is 0 Å². The summed E-state index contributed by atoms with van der Waals surface area (Å²) in [6.07, 6.45) is 2.84. The first-order valence-corrected chi connectivity index (χ1v) is 7.96. The van der Waals surface area contributed by atoms with Gasteiger partial charge in [-0.25, -0.2) is 9.78 Å². The monoisotopic (exact) mass is 319 g/mol. The van der Waals surface area contributed by atoms with E-state index in [4.69, 9.17) is 4.74 Å². The van der Waals surface area contributed by atoms with E-state index in [1.165, 1.54) is 0 Å². The molecule has 0 bridgehead atoms. The van der Waals surface area contributed by atoms with Crippen LogP contribution in [0.25, 0.3) is 0 Å². The van der Waals surface area contributed by atoms with Crippen molar-refractivity contribution in [2.75, 3.05) is 18.4 Å². The fraction of sp³-hybridized carbons (Fsp3) is 0.588. The van der Waals surface area contributed by atoms with Gasteiger partial charge in [-0.3, -0.25) is 4.79 Å². The highest BCUT2D eigenvalue weighted by molar-refractivity contribution is 5.92. The predicted molar refractivity (Wildman–Crippen MR) is 88.1 cm³/mol. The molecule has 2 heterocycles. The van der Waals surface area contributed by atoms with E-state index < -0.39 is 5.60 Å². The molecular weight excluding hydrogens is 294 g/mol. The minimum atomic E-state index is -0.530. The van der Waals surface area contributed by atoms with Crippen LogP contribution in [0.3, 0.4) is 0 Å². The molecule has 23 heavy (non-hydrogen) atoms. The minimum Gasteiger partial charge on any atom is -0.444 e. The van der Waals surface area contributed by atoms with Gasteiger partial charge in [0.25, 0.3) is 0 Å². The number of piperidine rings is 1. The van der Waals surface area contributed by atoms with Crippen molar-refractivity contribution in [1.29, 1.82) is 0 Å². The molecule has 6 heteroatoms. The Morgan fingerprint density at radius 3 is 2.78 bits per heavy atom. The summed E-state index contributed by atoms with van der Waals surface area (Å²) in [5.74, 6) is 0.240. The second kappa shape index (κ2) is 6.98. The second-order valence-corrected chi connectivity index (χ2v) is 6.92. The lowest BCUT2D eigenvalue weighted by Gasteiger charge is -2.33. The topological polar surface area (TPSA) is 71.5 Å². The summed E-state index contributed by atoms with van der Waals surface area (Å²) in [7, 11) is 0. The average Bonchev–Trinajstić information content (AvgIpc) is 2.48. The van der Waals surface area contributed by atoms with Gasteiger partial charge in [-0.15, -0.1) is 0 Å². The molecule has 0 aliphatic carbocycles. The number of nitrogens with one attached hydrogen (secondary N) is 1. The number of nitrogens with zero attached hydrogens (tertiary/aromatic N) is 2. The summed E-state index contributed by atoms with van der Waals surface area (Å²) in [4.78, 5) is 30.4. The van der Waals surface area contributed by atoms with Gasteiger partial charge < -0.3 is 15.0 Å². The highest BCUT2D eigenvalue weighted by Crippen LogP contribution is 2.21. The summed E-state index contributed by atoms with van der Waals surface area (Å²) in [5.41, 5.74) is 0.387. The van der Waals surface area contributed by atoms with Gasteiger partial charge in [0.2, 0.25) is 5.91 Å². The van der Waals surface area contributed by atoms with Crippen LogP contribution in [0.2, 0.25) is 0 Å². The SMILES string of the molecule is Cc1cccnc1NC(=O)C1CCCN(C(=O)OC(C)(C)C)C1. The van der Waals surface area contributed by atoms with Crippen LogP contribution >= 0.6 is 0 Å². The molecule has 126 valence electrons. The highest BCUT2D eigenvalue weighted by atomic mass is 16.6. The number of pyridine rings is 1. The van der Waals surface area contributed by atoms with Crippen molar-refractivity contribution in [2.24, 2.45) is 5.92 Å². The third kappa shape index (κ3) is 4.94. The molecular formula is C17H25N3O3. The molecule has 0 spiro atoms. The van der Waals surface area contributed by atoms with Gasteiger partial charge in [0.1, 0.15) is 11.4 Å². The number of hydrogen-bond acceptors (Lipinski definition) is 4. The number of likely N-dealkylation sites (tertiary alicyclic amines) is 1. The number of aromatic nitrogens is 1. The largest absolute Gasteiger partial charge is 0.444 e. The fourth-order valence-corrected chi connectivity index (χ4v) is 2.52. The molecule has 6 nitrogen and oxygen atoms in total. The fourth-order valence-electron chi connectivity index (χ4n) is 2.52. The Hall–Kier alpha value is -2.11. The molecule has 2 amide bonds. The number of amides is 2. The smallest absolute Gasteiger partial charge is 0.410 e. The molecule has 0 aromatic carbocycles. The Labute approximate surface area is 137 Å². The zero-order valence-corrected chi connectivity index (χ0v) is 14.3. The van der Waals surface area contributed by atoms with Crippen LogP contribution in [0, 0.1) is 12.8 Å². The van der Waals surface area contributed by atoms with Crippen LogP contribution in [0.5, 0.6) is 0 Å². The Balaban J connectivity index is 1.96. The number of carbonyl (C=O) groups is 2. The molecule has 1 aromatic rings. The molecule has 0 saturated carbocycles. The van der Waals surface area contributed by atoms with Gasteiger partial charge in [0.05, 0.1) is 5.92 Å². The van der Waals surface area contributed by atoms with Crippen molar-refractivity contribution in [3.8, 4) is 0 Å². The van der Waals surface area contributed by atoms with Crippen LogP contribution in [0.4, 0.5) is 10.6 Å².